The second kappa shape index (κ2) is 8.45. The molecule has 0 aliphatic carbocycles. The number of sulfonamides is 1. The maximum Gasteiger partial charge on any atom is 0.283 e. The Kier molecular flexibility index (Phi) is 5.55. The van der Waals surface area contributed by atoms with Crippen LogP contribution >= 0.6 is 0 Å². The third kappa shape index (κ3) is 4.14. The van der Waals surface area contributed by atoms with E-state index in [1.54, 1.807) is 32.3 Å². The highest BCUT2D eigenvalue weighted by Gasteiger charge is 2.30. The molecule has 9 nitrogen and oxygen atoms in total. The molecule has 182 valence electrons. The number of aryl methyl sites for hydroxylation is 2. The first-order chi connectivity index (χ1) is 16.6. The van der Waals surface area contributed by atoms with Crippen LogP contribution in [0.3, 0.4) is 0 Å². The van der Waals surface area contributed by atoms with E-state index < -0.39 is 27.6 Å². The number of benzene rings is 1. The van der Waals surface area contributed by atoms with Gasteiger partial charge < -0.3 is 9.47 Å². The van der Waals surface area contributed by atoms with Crippen molar-refractivity contribution in [2.75, 3.05) is 11.4 Å². The van der Waals surface area contributed by atoms with Gasteiger partial charge in [-0.25, -0.2) is 23.0 Å². The zero-order chi connectivity index (χ0) is 24.9. The minimum absolute atomic E-state index is 0.0516. The Balaban J connectivity index is 1.47. The second-order valence-corrected chi connectivity index (χ2v) is 10.1. The lowest BCUT2D eigenvalue weighted by Crippen LogP contribution is -2.30. The third-order valence-corrected chi connectivity index (χ3v) is 7.44. The van der Waals surface area contributed by atoms with Gasteiger partial charge in [-0.05, 0) is 50.1 Å². The summed E-state index contributed by atoms with van der Waals surface area (Å²) in [7, 11) is -2.54. The number of imidazole rings is 1. The van der Waals surface area contributed by atoms with E-state index in [9.17, 15) is 22.0 Å². The molecule has 4 heterocycles. The number of pyridine rings is 1. The standard InChI is InChI=1S/C23H22F2N6O3S/c1-14-27-22(13-29(14)2)35(33,34)28-23(32)18-12-26-31-9-7-16(11-21(18)31)30-8-3-4-20(30)17-10-15(24)5-6-19(17)25/h5-7,9-13,20H,3-4,8H2,1-2H3,(H,28,32)/t20-/m1/s1. The summed E-state index contributed by atoms with van der Waals surface area (Å²) in [6, 6.07) is 6.49. The van der Waals surface area contributed by atoms with Gasteiger partial charge >= 0.3 is 0 Å². The smallest absolute Gasteiger partial charge is 0.283 e. The van der Waals surface area contributed by atoms with Crippen molar-refractivity contribution in [1.29, 1.82) is 0 Å². The molecule has 1 aliphatic rings. The van der Waals surface area contributed by atoms with Crippen molar-refractivity contribution < 1.29 is 22.0 Å². The van der Waals surface area contributed by atoms with Crippen LogP contribution in [-0.2, 0) is 17.1 Å². The number of aromatic nitrogens is 4. The van der Waals surface area contributed by atoms with E-state index in [-0.39, 0.29) is 22.2 Å². The first kappa shape index (κ1) is 23.0. The van der Waals surface area contributed by atoms with E-state index >= 15 is 0 Å². The van der Waals surface area contributed by atoms with Crippen molar-refractivity contribution in [3.05, 3.63) is 77.5 Å². The van der Waals surface area contributed by atoms with Gasteiger partial charge in [0.05, 0.1) is 23.3 Å². The summed E-state index contributed by atoms with van der Waals surface area (Å²) in [5, 5.41) is 3.88. The SMILES string of the molecule is Cc1nc(S(=O)(=O)NC(=O)c2cnn3ccc(N4CCC[C@@H]4c4cc(F)ccc4F)cc23)cn1C. The lowest BCUT2D eigenvalue weighted by atomic mass is 10.0. The summed E-state index contributed by atoms with van der Waals surface area (Å²) in [5.41, 5.74) is 1.38. The first-order valence-corrected chi connectivity index (χ1v) is 12.4. The molecule has 1 aromatic carbocycles. The molecule has 1 amide bonds. The van der Waals surface area contributed by atoms with Crippen LogP contribution in [0.4, 0.5) is 14.5 Å². The summed E-state index contributed by atoms with van der Waals surface area (Å²) < 4.78 is 58.7. The van der Waals surface area contributed by atoms with Gasteiger partial charge in [0.25, 0.3) is 15.9 Å². The molecule has 1 atom stereocenters. The molecule has 0 spiro atoms. The van der Waals surface area contributed by atoms with E-state index in [4.69, 9.17) is 0 Å². The fraction of sp³-hybridized carbons (Fsp3) is 0.261. The van der Waals surface area contributed by atoms with E-state index in [1.165, 1.54) is 27.5 Å². The van der Waals surface area contributed by atoms with Crippen molar-refractivity contribution in [1.82, 2.24) is 23.9 Å². The van der Waals surface area contributed by atoms with Gasteiger partial charge in [-0.3, -0.25) is 4.79 Å². The molecule has 0 saturated carbocycles. The molecular weight excluding hydrogens is 478 g/mol. The number of carbonyl (C=O) groups is 1. The van der Waals surface area contributed by atoms with Gasteiger partial charge in [-0.2, -0.15) is 13.5 Å². The normalized spacial score (nSPS) is 16.2. The summed E-state index contributed by atoms with van der Waals surface area (Å²) in [4.78, 5) is 18.8. The third-order valence-electron chi connectivity index (χ3n) is 6.24. The molecule has 1 aliphatic heterocycles. The topological polar surface area (TPSA) is 102 Å². The van der Waals surface area contributed by atoms with Gasteiger partial charge in [0, 0.05) is 37.2 Å². The molecule has 0 unspecified atom stereocenters. The number of amides is 1. The van der Waals surface area contributed by atoms with Crippen LogP contribution in [0.1, 0.15) is 40.6 Å². The number of hydrogen-bond acceptors (Lipinski definition) is 6. The Labute approximate surface area is 200 Å². The Bertz CT molecular complexity index is 1540. The highest BCUT2D eigenvalue weighted by atomic mass is 32.2. The Morgan fingerprint density at radius 1 is 1.20 bits per heavy atom. The van der Waals surface area contributed by atoms with E-state index in [1.807, 2.05) is 9.62 Å². The molecule has 35 heavy (non-hydrogen) atoms. The first-order valence-electron chi connectivity index (χ1n) is 10.9. The van der Waals surface area contributed by atoms with Gasteiger partial charge in [0.1, 0.15) is 17.5 Å². The number of halogens is 2. The average molecular weight is 501 g/mol. The van der Waals surface area contributed by atoms with Crippen molar-refractivity contribution in [2.24, 2.45) is 7.05 Å². The van der Waals surface area contributed by atoms with Crippen LogP contribution in [0, 0.1) is 18.6 Å². The maximum atomic E-state index is 14.5. The molecule has 1 saturated heterocycles. The quantitative estimate of drug-likeness (QED) is 0.452. The highest BCUT2D eigenvalue weighted by Crippen LogP contribution is 2.38. The predicted octanol–water partition coefficient (Wildman–Crippen LogP) is 3.11. The second-order valence-electron chi connectivity index (χ2n) is 8.46. The number of hydrogen-bond donors (Lipinski definition) is 1. The van der Waals surface area contributed by atoms with Crippen molar-refractivity contribution in [3.8, 4) is 0 Å². The van der Waals surface area contributed by atoms with Gasteiger partial charge in [-0.1, -0.05) is 0 Å². The van der Waals surface area contributed by atoms with E-state index in [0.717, 1.165) is 18.6 Å². The van der Waals surface area contributed by atoms with Crippen LogP contribution in [0.2, 0.25) is 0 Å². The minimum Gasteiger partial charge on any atom is -0.364 e. The van der Waals surface area contributed by atoms with Crippen LogP contribution in [-0.4, -0.2) is 40.0 Å². The fourth-order valence-electron chi connectivity index (χ4n) is 4.38. The fourth-order valence-corrected chi connectivity index (χ4v) is 5.39. The molecule has 12 heteroatoms. The van der Waals surface area contributed by atoms with Crippen molar-refractivity contribution >= 4 is 27.1 Å². The predicted molar refractivity (Wildman–Crippen MR) is 123 cm³/mol. The molecule has 5 rings (SSSR count). The summed E-state index contributed by atoms with van der Waals surface area (Å²) in [6.45, 7) is 2.26. The maximum absolute atomic E-state index is 14.5. The number of nitrogens with one attached hydrogen (secondary N) is 1. The van der Waals surface area contributed by atoms with Crippen LogP contribution in [0.25, 0.3) is 5.52 Å². The lowest BCUT2D eigenvalue weighted by Gasteiger charge is -2.27. The van der Waals surface area contributed by atoms with Gasteiger partial charge in [-0.15, -0.1) is 0 Å². The van der Waals surface area contributed by atoms with Crippen molar-refractivity contribution in [2.45, 2.75) is 30.8 Å². The molecule has 0 radical (unpaired) electrons. The molecule has 1 fully saturated rings. The lowest BCUT2D eigenvalue weighted by molar-refractivity contribution is 0.0983. The van der Waals surface area contributed by atoms with Crippen LogP contribution in [0.5, 0.6) is 0 Å². The number of carbonyl (C=O) groups excluding carboxylic acids is 1. The largest absolute Gasteiger partial charge is 0.364 e. The monoisotopic (exact) mass is 500 g/mol. The minimum atomic E-state index is -4.19. The van der Waals surface area contributed by atoms with E-state index in [0.29, 0.717) is 30.0 Å². The summed E-state index contributed by atoms with van der Waals surface area (Å²) in [5.74, 6) is -1.37. The average Bonchev–Trinajstić information content (AvgIpc) is 3.53. The molecule has 0 bridgehead atoms. The zero-order valence-electron chi connectivity index (χ0n) is 18.9. The number of rotatable bonds is 5. The number of fused-ring (bicyclic) bond motifs is 1. The molecule has 1 N–H and O–H groups in total. The van der Waals surface area contributed by atoms with Crippen LogP contribution in [0.15, 0.2) is 53.9 Å². The number of nitrogens with zero attached hydrogens (tertiary/aromatic N) is 5. The van der Waals surface area contributed by atoms with Gasteiger partial charge in [0.2, 0.25) is 0 Å². The molecular formula is C23H22F2N6O3S. The summed E-state index contributed by atoms with van der Waals surface area (Å²) >= 11 is 0. The molecule has 3 aromatic heterocycles. The van der Waals surface area contributed by atoms with E-state index in [2.05, 4.69) is 10.1 Å². The van der Waals surface area contributed by atoms with Crippen molar-refractivity contribution in [3.63, 3.8) is 0 Å². The number of anilines is 1. The van der Waals surface area contributed by atoms with Crippen LogP contribution < -0.4 is 9.62 Å². The molecule has 4 aromatic rings. The Hall–Kier alpha value is -3.80. The Morgan fingerprint density at radius 3 is 2.74 bits per heavy atom. The highest BCUT2D eigenvalue weighted by molar-refractivity contribution is 7.90. The van der Waals surface area contributed by atoms with Gasteiger partial charge in [0.15, 0.2) is 5.03 Å². The Morgan fingerprint density at radius 2 is 2.00 bits per heavy atom. The summed E-state index contributed by atoms with van der Waals surface area (Å²) in [6.07, 6.45) is 5.65. The zero-order valence-corrected chi connectivity index (χ0v) is 19.8.